The van der Waals surface area contributed by atoms with E-state index in [1.165, 1.54) is 24.3 Å². The maximum Gasteiger partial charge on any atom is 0.338 e. The molecule has 1 aromatic rings. The van der Waals surface area contributed by atoms with E-state index in [0.717, 1.165) is 6.42 Å². The summed E-state index contributed by atoms with van der Waals surface area (Å²) in [5.74, 6) is 0.0150. The molecule has 0 saturated carbocycles. The van der Waals surface area contributed by atoms with Gasteiger partial charge in [0.15, 0.2) is 6.61 Å². The summed E-state index contributed by atoms with van der Waals surface area (Å²) in [4.78, 5) is 26.1. The lowest BCUT2D eigenvalue weighted by Gasteiger charge is -2.34. The molecule has 2 atom stereocenters. The first-order valence-electron chi connectivity index (χ1n) is 8.77. The molecule has 0 aromatic heterocycles. The molecule has 1 heterocycles. The van der Waals surface area contributed by atoms with E-state index in [1.54, 1.807) is 11.8 Å². The first kappa shape index (κ1) is 20.4. The summed E-state index contributed by atoms with van der Waals surface area (Å²) >= 11 is 0. The van der Waals surface area contributed by atoms with Gasteiger partial charge in [0.1, 0.15) is 0 Å². The Kier molecular flexibility index (Phi) is 6.77. The van der Waals surface area contributed by atoms with E-state index in [1.807, 2.05) is 0 Å². The Morgan fingerprint density at radius 1 is 1.15 bits per heavy atom. The van der Waals surface area contributed by atoms with E-state index in [9.17, 15) is 18.0 Å². The van der Waals surface area contributed by atoms with Crippen LogP contribution >= 0.6 is 0 Å². The third-order valence-electron chi connectivity index (χ3n) is 4.28. The predicted octanol–water partition coefficient (Wildman–Crippen LogP) is 1.65. The van der Waals surface area contributed by atoms with Crippen LogP contribution in [0.25, 0.3) is 0 Å². The van der Waals surface area contributed by atoms with Gasteiger partial charge >= 0.3 is 5.97 Å². The van der Waals surface area contributed by atoms with Crippen LogP contribution in [0.1, 0.15) is 37.6 Å². The van der Waals surface area contributed by atoms with Gasteiger partial charge in [0, 0.05) is 19.6 Å². The van der Waals surface area contributed by atoms with Gasteiger partial charge in [-0.3, -0.25) is 4.79 Å². The first-order valence-corrected chi connectivity index (χ1v) is 10.3. The van der Waals surface area contributed by atoms with Crippen molar-refractivity contribution < 1.29 is 22.7 Å². The molecule has 0 unspecified atom stereocenters. The fraction of sp³-hybridized carbons (Fsp3) is 0.556. The Morgan fingerprint density at radius 2 is 1.73 bits per heavy atom. The molecule has 0 bridgehead atoms. The Hall–Kier alpha value is -1.93. The SMILES string of the molecule is CCNS(=O)(=O)c1ccc(C(=O)OCC(=O)N2C[C@H](C)C[C@H](C)C2)cc1. The van der Waals surface area contributed by atoms with Crippen LogP contribution in [-0.2, 0) is 19.6 Å². The number of nitrogens with zero attached hydrogens (tertiary/aromatic N) is 1. The number of hydrogen-bond donors (Lipinski definition) is 1. The second kappa shape index (κ2) is 8.64. The maximum absolute atomic E-state index is 12.2. The van der Waals surface area contributed by atoms with Crippen LogP contribution in [0.5, 0.6) is 0 Å². The van der Waals surface area contributed by atoms with Crippen LogP contribution in [0.3, 0.4) is 0 Å². The van der Waals surface area contributed by atoms with E-state index in [0.29, 0.717) is 24.9 Å². The predicted molar refractivity (Wildman–Crippen MR) is 97.1 cm³/mol. The van der Waals surface area contributed by atoms with Gasteiger partial charge < -0.3 is 9.64 Å². The van der Waals surface area contributed by atoms with E-state index in [-0.39, 0.29) is 29.5 Å². The smallest absolute Gasteiger partial charge is 0.338 e. The van der Waals surface area contributed by atoms with E-state index in [2.05, 4.69) is 18.6 Å². The molecule has 1 aliphatic rings. The molecule has 1 amide bonds. The topological polar surface area (TPSA) is 92.8 Å². The zero-order valence-corrected chi connectivity index (χ0v) is 16.2. The second-order valence-electron chi connectivity index (χ2n) is 6.85. The number of piperidine rings is 1. The Morgan fingerprint density at radius 3 is 2.27 bits per heavy atom. The van der Waals surface area contributed by atoms with Crippen molar-refractivity contribution in [2.24, 2.45) is 11.8 Å². The van der Waals surface area contributed by atoms with Gasteiger partial charge in [0.05, 0.1) is 10.5 Å². The van der Waals surface area contributed by atoms with Gasteiger partial charge in [-0.25, -0.2) is 17.9 Å². The highest BCUT2D eigenvalue weighted by molar-refractivity contribution is 7.89. The summed E-state index contributed by atoms with van der Waals surface area (Å²) in [6.07, 6.45) is 1.09. The standard InChI is InChI=1S/C18H26N2O5S/c1-4-19-26(23,24)16-7-5-15(6-8-16)18(22)25-12-17(21)20-10-13(2)9-14(3)11-20/h5-8,13-14,19H,4,9-12H2,1-3H3/t13-,14+. The highest BCUT2D eigenvalue weighted by Gasteiger charge is 2.26. The number of rotatable bonds is 6. The molecule has 8 heteroatoms. The van der Waals surface area contributed by atoms with Crippen molar-refractivity contribution in [1.82, 2.24) is 9.62 Å². The van der Waals surface area contributed by atoms with Crippen LogP contribution in [0.4, 0.5) is 0 Å². The summed E-state index contributed by atoms with van der Waals surface area (Å²) in [7, 11) is -3.57. The fourth-order valence-corrected chi connectivity index (χ4v) is 4.25. The minimum atomic E-state index is -3.57. The summed E-state index contributed by atoms with van der Waals surface area (Å²) in [6, 6.07) is 5.43. The van der Waals surface area contributed by atoms with Crippen molar-refractivity contribution in [3.8, 4) is 0 Å². The lowest BCUT2D eigenvalue weighted by Crippen LogP contribution is -2.44. The van der Waals surface area contributed by atoms with Crippen molar-refractivity contribution in [3.63, 3.8) is 0 Å². The minimum absolute atomic E-state index is 0.0725. The van der Waals surface area contributed by atoms with Gasteiger partial charge in [-0.1, -0.05) is 20.8 Å². The van der Waals surface area contributed by atoms with Crippen molar-refractivity contribution in [2.75, 3.05) is 26.2 Å². The van der Waals surface area contributed by atoms with Crippen LogP contribution in [-0.4, -0.2) is 51.4 Å². The average molecular weight is 382 g/mol. The average Bonchev–Trinajstić information content (AvgIpc) is 2.58. The molecule has 26 heavy (non-hydrogen) atoms. The number of hydrogen-bond acceptors (Lipinski definition) is 5. The number of esters is 1. The molecule has 0 radical (unpaired) electrons. The third kappa shape index (κ3) is 5.28. The maximum atomic E-state index is 12.2. The zero-order valence-electron chi connectivity index (χ0n) is 15.4. The Labute approximate surface area is 154 Å². The number of likely N-dealkylation sites (tertiary alicyclic amines) is 1. The van der Waals surface area contributed by atoms with E-state index < -0.39 is 16.0 Å². The van der Waals surface area contributed by atoms with E-state index in [4.69, 9.17) is 4.74 Å². The molecule has 1 aliphatic heterocycles. The number of sulfonamides is 1. The number of benzene rings is 1. The van der Waals surface area contributed by atoms with Crippen LogP contribution in [0, 0.1) is 11.8 Å². The molecule has 1 aromatic carbocycles. The van der Waals surface area contributed by atoms with Gasteiger partial charge in [-0.05, 0) is 42.5 Å². The Bertz CT molecular complexity index is 735. The molecule has 0 spiro atoms. The van der Waals surface area contributed by atoms with Gasteiger partial charge in [0.25, 0.3) is 5.91 Å². The summed E-state index contributed by atoms with van der Waals surface area (Å²) in [6.45, 7) is 7.22. The van der Waals surface area contributed by atoms with Gasteiger partial charge in [-0.2, -0.15) is 0 Å². The molecule has 7 nitrogen and oxygen atoms in total. The van der Waals surface area contributed by atoms with Crippen molar-refractivity contribution in [3.05, 3.63) is 29.8 Å². The fourth-order valence-electron chi connectivity index (χ4n) is 3.21. The summed E-state index contributed by atoms with van der Waals surface area (Å²) < 4.78 is 31.2. The number of carbonyl (C=O) groups excluding carboxylic acids is 2. The third-order valence-corrected chi connectivity index (χ3v) is 5.84. The largest absolute Gasteiger partial charge is 0.452 e. The van der Waals surface area contributed by atoms with Crippen molar-refractivity contribution in [2.45, 2.75) is 32.1 Å². The lowest BCUT2D eigenvalue weighted by molar-refractivity contribution is -0.137. The van der Waals surface area contributed by atoms with E-state index >= 15 is 0 Å². The molecular formula is C18H26N2O5S. The molecule has 1 N–H and O–H groups in total. The highest BCUT2D eigenvalue weighted by atomic mass is 32.2. The summed E-state index contributed by atoms with van der Waals surface area (Å²) in [5.41, 5.74) is 0.202. The zero-order chi connectivity index (χ0) is 19.3. The molecule has 2 rings (SSSR count). The number of nitrogens with one attached hydrogen (secondary N) is 1. The molecule has 0 aliphatic carbocycles. The molecular weight excluding hydrogens is 356 g/mol. The quantitative estimate of drug-likeness (QED) is 0.755. The molecule has 1 saturated heterocycles. The van der Waals surface area contributed by atoms with Gasteiger partial charge in [-0.15, -0.1) is 0 Å². The van der Waals surface area contributed by atoms with Gasteiger partial charge in [0.2, 0.25) is 10.0 Å². The van der Waals surface area contributed by atoms with Crippen LogP contribution in [0.2, 0.25) is 0 Å². The monoisotopic (exact) mass is 382 g/mol. The first-order chi connectivity index (χ1) is 12.2. The number of amides is 1. The Balaban J connectivity index is 1.92. The highest BCUT2D eigenvalue weighted by Crippen LogP contribution is 2.21. The lowest BCUT2D eigenvalue weighted by atomic mass is 9.92. The molecule has 144 valence electrons. The van der Waals surface area contributed by atoms with Crippen molar-refractivity contribution >= 4 is 21.9 Å². The second-order valence-corrected chi connectivity index (χ2v) is 8.61. The number of ether oxygens (including phenoxy) is 1. The van der Waals surface area contributed by atoms with Crippen LogP contribution in [0.15, 0.2) is 29.2 Å². The summed E-state index contributed by atoms with van der Waals surface area (Å²) in [5, 5.41) is 0. The van der Waals surface area contributed by atoms with Crippen molar-refractivity contribution in [1.29, 1.82) is 0 Å². The van der Waals surface area contributed by atoms with Crippen LogP contribution < -0.4 is 4.72 Å². The minimum Gasteiger partial charge on any atom is -0.452 e. The number of carbonyl (C=O) groups is 2. The normalized spacial score (nSPS) is 20.7. The molecule has 1 fully saturated rings.